The van der Waals surface area contributed by atoms with Gasteiger partial charge < -0.3 is 4.84 Å². The van der Waals surface area contributed by atoms with Gasteiger partial charge in [-0.2, -0.15) is 0 Å². The lowest BCUT2D eigenvalue weighted by Gasteiger charge is -2.04. The first-order valence-electron chi connectivity index (χ1n) is 4.09. The summed E-state index contributed by atoms with van der Waals surface area (Å²) in [5.74, 6) is -0.593. The lowest BCUT2D eigenvalue weighted by atomic mass is 9.96. The molecule has 1 aliphatic heterocycles. The molecule has 3 heteroatoms. The third-order valence-electron chi connectivity index (χ3n) is 2.07. The van der Waals surface area contributed by atoms with Gasteiger partial charge in [0.05, 0.1) is 5.71 Å². The minimum absolute atomic E-state index is 0.288. The summed E-state index contributed by atoms with van der Waals surface area (Å²) < 4.78 is 0. The van der Waals surface area contributed by atoms with Gasteiger partial charge in [-0.3, -0.25) is 0 Å². The minimum Gasteiger partial charge on any atom is -0.317 e. The fourth-order valence-electron chi connectivity index (χ4n) is 1.42. The summed E-state index contributed by atoms with van der Waals surface area (Å²) in [6, 6.07) is 9.51. The summed E-state index contributed by atoms with van der Waals surface area (Å²) in [5, 5.41) is 3.64. The molecule has 1 unspecified atom stereocenters. The van der Waals surface area contributed by atoms with Crippen LogP contribution in [0, 0.1) is 0 Å². The quantitative estimate of drug-likeness (QED) is 0.609. The topological polar surface area (TPSA) is 38.7 Å². The largest absolute Gasteiger partial charge is 0.348 e. The highest BCUT2D eigenvalue weighted by atomic mass is 16.7. The zero-order valence-corrected chi connectivity index (χ0v) is 7.23. The molecule has 1 aromatic rings. The van der Waals surface area contributed by atoms with E-state index in [2.05, 4.69) is 9.99 Å². The van der Waals surface area contributed by atoms with Crippen molar-refractivity contribution in [2.75, 3.05) is 0 Å². The number of oxime groups is 1. The molecular weight excluding hydrogens is 166 g/mol. The molecule has 0 amide bonds. The molecule has 0 saturated heterocycles. The van der Waals surface area contributed by atoms with Crippen molar-refractivity contribution in [1.82, 2.24) is 0 Å². The van der Waals surface area contributed by atoms with E-state index in [0.717, 1.165) is 11.3 Å². The van der Waals surface area contributed by atoms with E-state index >= 15 is 0 Å². The Morgan fingerprint density at radius 1 is 1.31 bits per heavy atom. The number of carbonyl (C=O) groups is 1. The van der Waals surface area contributed by atoms with E-state index in [1.807, 2.05) is 30.3 Å². The number of carbonyl (C=O) groups excluding carboxylic acids is 1. The molecule has 2 rings (SSSR count). The van der Waals surface area contributed by atoms with Gasteiger partial charge in [0.15, 0.2) is 0 Å². The maximum Gasteiger partial charge on any atom is 0.348 e. The van der Waals surface area contributed by atoms with E-state index in [-0.39, 0.29) is 11.9 Å². The predicted octanol–water partition coefficient (Wildman–Crippen LogP) is 1.70. The number of rotatable bonds is 1. The monoisotopic (exact) mass is 175 g/mol. The summed E-state index contributed by atoms with van der Waals surface area (Å²) in [5.41, 5.74) is 1.66. The van der Waals surface area contributed by atoms with Crippen LogP contribution in [-0.4, -0.2) is 11.7 Å². The van der Waals surface area contributed by atoms with E-state index in [1.165, 1.54) is 0 Å². The van der Waals surface area contributed by atoms with Gasteiger partial charge in [0, 0.05) is 0 Å². The first-order chi connectivity index (χ1) is 6.29. The van der Waals surface area contributed by atoms with Crippen LogP contribution < -0.4 is 0 Å². The second-order valence-corrected chi connectivity index (χ2v) is 2.99. The number of benzene rings is 1. The molecule has 1 aromatic carbocycles. The highest BCUT2D eigenvalue weighted by Gasteiger charge is 2.30. The Morgan fingerprint density at radius 2 is 2.00 bits per heavy atom. The molecule has 0 aliphatic carbocycles. The molecule has 0 spiro atoms. The molecule has 0 aromatic heterocycles. The Morgan fingerprint density at radius 3 is 2.54 bits per heavy atom. The van der Waals surface area contributed by atoms with E-state index in [9.17, 15) is 4.79 Å². The average Bonchev–Trinajstić information content (AvgIpc) is 2.48. The molecule has 1 aliphatic rings. The van der Waals surface area contributed by atoms with Gasteiger partial charge in [0.1, 0.15) is 5.92 Å². The smallest absolute Gasteiger partial charge is 0.317 e. The van der Waals surface area contributed by atoms with Crippen molar-refractivity contribution < 1.29 is 9.63 Å². The normalized spacial score (nSPS) is 21.2. The Hall–Kier alpha value is -1.64. The highest BCUT2D eigenvalue weighted by Crippen LogP contribution is 2.23. The van der Waals surface area contributed by atoms with Crippen LogP contribution >= 0.6 is 0 Å². The van der Waals surface area contributed by atoms with Crippen LogP contribution in [0.4, 0.5) is 0 Å². The molecule has 0 bridgehead atoms. The number of hydrogen-bond donors (Lipinski definition) is 0. The fourth-order valence-corrected chi connectivity index (χ4v) is 1.42. The van der Waals surface area contributed by atoms with Crippen molar-refractivity contribution >= 4 is 11.7 Å². The molecule has 0 radical (unpaired) electrons. The molecular formula is C10H9NO2. The van der Waals surface area contributed by atoms with Crippen molar-refractivity contribution in [3.8, 4) is 0 Å². The van der Waals surface area contributed by atoms with Gasteiger partial charge in [-0.15, -0.1) is 0 Å². The van der Waals surface area contributed by atoms with Crippen LogP contribution in [0.25, 0.3) is 0 Å². The molecule has 3 nitrogen and oxygen atoms in total. The van der Waals surface area contributed by atoms with Crippen molar-refractivity contribution in [2.45, 2.75) is 12.8 Å². The summed E-state index contributed by atoms with van der Waals surface area (Å²) >= 11 is 0. The molecule has 1 atom stereocenters. The van der Waals surface area contributed by atoms with E-state index in [4.69, 9.17) is 0 Å². The van der Waals surface area contributed by atoms with Crippen LogP contribution in [0.5, 0.6) is 0 Å². The fraction of sp³-hybridized carbons (Fsp3) is 0.200. The standard InChI is InChI=1S/C10H9NO2/c1-7-9(10(12)13-11-7)8-5-3-2-4-6-8/h2-6,9H,1H3. The lowest BCUT2D eigenvalue weighted by molar-refractivity contribution is -0.141. The molecule has 1 heterocycles. The third kappa shape index (κ3) is 1.33. The molecule has 0 saturated carbocycles. The molecule has 0 fully saturated rings. The zero-order valence-electron chi connectivity index (χ0n) is 7.23. The van der Waals surface area contributed by atoms with Gasteiger partial charge in [0.2, 0.25) is 0 Å². The summed E-state index contributed by atoms with van der Waals surface area (Å²) in [7, 11) is 0. The van der Waals surface area contributed by atoms with Gasteiger partial charge >= 0.3 is 5.97 Å². The van der Waals surface area contributed by atoms with Gasteiger partial charge in [-0.05, 0) is 12.5 Å². The van der Waals surface area contributed by atoms with Gasteiger partial charge in [0.25, 0.3) is 0 Å². The Labute approximate surface area is 76.0 Å². The Bertz CT molecular complexity index is 356. The van der Waals surface area contributed by atoms with Crippen LogP contribution in [0.15, 0.2) is 35.5 Å². The minimum atomic E-state index is -0.304. The summed E-state index contributed by atoms with van der Waals surface area (Å²) in [6.07, 6.45) is 0. The SMILES string of the molecule is CC1=NOC(=O)C1c1ccccc1. The van der Waals surface area contributed by atoms with Gasteiger partial charge in [-0.1, -0.05) is 35.5 Å². The molecule has 13 heavy (non-hydrogen) atoms. The van der Waals surface area contributed by atoms with Crippen molar-refractivity contribution in [1.29, 1.82) is 0 Å². The predicted molar refractivity (Wildman–Crippen MR) is 48.4 cm³/mol. The van der Waals surface area contributed by atoms with Crippen molar-refractivity contribution in [3.05, 3.63) is 35.9 Å². The molecule has 0 N–H and O–H groups in total. The van der Waals surface area contributed by atoms with Crippen LogP contribution in [0.2, 0.25) is 0 Å². The van der Waals surface area contributed by atoms with E-state index in [1.54, 1.807) is 6.92 Å². The van der Waals surface area contributed by atoms with E-state index in [0.29, 0.717) is 0 Å². The number of nitrogens with zero attached hydrogens (tertiary/aromatic N) is 1. The first-order valence-corrected chi connectivity index (χ1v) is 4.09. The lowest BCUT2D eigenvalue weighted by Crippen LogP contribution is -2.13. The van der Waals surface area contributed by atoms with Crippen molar-refractivity contribution in [2.24, 2.45) is 5.16 Å². The van der Waals surface area contributed by atoms with E-state index < -0.39 is 0 Å². The second kappa shape index (κ2) is 3.01. The van der Waals surface area contributed by atoms with Crippen LogP contribution in [0.3, 0.4) is 0 Å². The number of hydrogen-bond acceptors (Lipinski definition) is 3. The second-order valence-electron chi connectivity index (χ2n) is 2.99. The van der Waals surface area contributed by atoms with Gasteiger partial charge in [-0.25, -0.2) is 4.79 Å². The zero-order chi connectivity index (χ0) is 9.26. The first kappa shape index (κ1) is 7.98. The van der Waals surface area contributed by atoms with Crippen LogP contribution in [0.1, 0.15) is 18.4 Å². The Kier molecular flexibility index (Phi) is 1.85. The maximum atomic E-state index is 11.2. The van der Waals surface area contributed by atoms with Crippen LogP contribution in [-0.2, 0) is 9.63 Å². The third-order valence-corrected chi connectivity index (χ3v) is 2.07. The van der Waals surface area contributed by atoms with Crippen molar-refractivity contribution in [3.63, 3.8) is 0 Å². The summed E-state index contributed by atoms with van der Waals surface area (Å²) in [6.45, 7) is 1.79. The summed E-state index contributed by atoms with van der Waals surface area (Å²) in [4.78, 5) is 15.8. The average molecular weight is 175 g/mol. The maximum absolute atomic E-state index is 11.2. The Balaban J connectivity index is 2.36. The molecule has 66 valence electrons. The highest BCUT2D eigenvalue weighted by molar-refractivity contribution is 6.08.